The molecule has 0 unspecified atom stereocenters. The van der Waals surface area contributed by atoms with Crippen LogP contribution >= 0.6 is 0 Å². The van der Waals surface area contributed by atoms with Crippen LogP contribution in [-0.2, 0) is 25.4 Å². The molecule has 0 radical (unpaired) electrons. The number of fused-ring (bicyclic) bond motifs is 1. The maximum absolute atomic E-state index is 12.4. The van der Waals surface area contributed by atoms with Crippen LogP contribution in [0.4, 0.5) is 0 Å². The van der Waals surface area contributed by atoms with E-state index in [1.807, 2.05) is 6.07 Å². The Morgan fingerprint density at radius 3 is 2.67 bits per heavy atom. The summed E-state index contributed by atoms with van der Waals surface area (Å²) in [6, 6.07) is 7.02. The molecule has 0 amide bonds. The van der Waals surface area contributed by atoms with E-state index in [0.29, 0.717) is 23.5 Å². The van der Waals surface area contributed by atoms with Crippen molar-refractivity contribution in [2.24, 2.45) is 14.1 Å². The first-order valence-corrected chi connectivity index (χ1v) is 7.26. The Balaban J connectivity index is 2.07. The van der Waals surface area contributed by atoms with Crippen molar-refractivity contribution in [2.45, 2.75) is 13.5 Å². The monoisotopic (exact) mass is 328 g/mol. The van der Waals surface area contributed by atoms with E-state index in [-0.39, 0.29) is 0 Å². The third-order valence-corrected chi connectivity index (χ3v) is 3.73. The van der Waals surface area contributed by atoms with Crippen molar-refractivity contribution in [2.75, 3.05) is 0 Å². The summed E-state index contributed by atoms with van der Waals surface area (Å²) in [4.78, 5) is 39.6. The summed E-state index contributed by atoms with van der Waals surface area (Å²) in [6.45, 7) is 1.69. The fourth-order valence-electron chi connectivity index (χ4n) is 2.59. The molecule has 3 rings (SSSR count). The van der Waals surface area contributed by atoms with Gasteiger partial charge in [0.1, 0.15) is 5.75 Å². The second-order valence-electron chi connectivity index (χ2n) is 5.49. The fraction of sp³-hybridized carbons (Fsp3) is 0.250. The van der Waals surface area contributed by atoms with Gasteiger partial charge in [-0.1, -0.05) is 12.1 Å². The highest BCUT2D eigenvalue weighted by Gasteiger charge is 2.14. The van der Waals surface area contributed by atoms with E-state index < -0.39 is 17.2 Å². The number of carbonyl (C=O) groups is 1. The number of aryl methyl sites for hydroxylation is 1. The highest BCUT2D eigenvalue weighted by Crippen LogP contribution is 2.16. The SMILES string of the molecule is CC(=O)Oc1cccc(Cn2cnc3c2c(=O)n(C)c(=O)n3C)c1. The minimum absolute atomic E-state index is 0.333. The number of imidazole rings is 1. The smallest absolute Gasteiger partial charge is 0.332 e. The van der Waals surface area contributed by atoms with Gasteiger partial charge in [0.25, 0.3) is 5.56 Å². The summed E-state index contributed by atoms with van der Waals surface area (Å²) in [5.74, 6) is 0.0359. The van der Waals surface area contributed by atoms with Gasteiger partial charge < -0.3 is 9.30 Å². The summed E-state index contributed by atoms with van der Waals surface area (Å²) in [5, 5.41) is 0. The maximum atomic E-state index is 12.4. The number of benzene rings is 1. The number of esters is 1. The lowest BCUT2D eigenvalue weighted by Gasteiger charge is -2.08. The number of hydrogen-bond donors (Lipinski definition) is 0. The van der Waals surface area contributed by atoms with Gasteiger partial charge in [-0.3, -0.25) is 18.7 Å². The predicted octanol–water partition coefficient (Wildman–Crippen LogP) is 0.407. The molecule has 0 aliphatic heterocycles. The number of nitrogens with zero attached hydrogens (tertiary/aromatic N) is 4. The van der Waals surface area contributed by atoms with Crippen LogP contribution in [0.3, 0.4) is 0 Å². The van der Waals surface area contributed by atoms with Crippen LogP contribution in [0.5, 0.6) is 5.75 Å². The third-order valence-electron chi connectivity index (χ3n) is 3.73. The van der Waals surface area contributed by atoms with Crippen LogP contribution in [0, 0.1) is 0 Å². The lowest BCUT2D eigenvalue weighted by atomic mass is 10.2. The van der Waals surface area contributed by atoms with Crippen molar-refractivity contribution < 1.29 is 9.53 Å². The molecular formula is C16H16N4O4. The Hall–Kier alpha value is -3.16. The average Bonchev–Trinajstić information content (AvgIpc) is 2.94. The molecule has 8 heteroatoms. The summed E-state index contributed by atoms with van der Waals surface area (Å²) in [6.07, 6.45) is 1.52. The van der Waals surface area contributed by atoms with Crippen molar-refractivity contribution in [1.82, 2.24) is 18.7 Å². The van der Waals surface area contributed by atoms with Crippen LogP contribution < -0.4 is 16.0 Å². The first-order valence-electron chi connectivity index (χ1n) is 7.26. The van der Waals surface area contributed by atoms with Gasteiger partial charge in [0.15, 0.2) is 11.2 Å². The van der Waals surface area contributed by atoms with E-state index in [2.05, 4.69) is 4.98 Å². The molecule has 0 spiro atoms. The molecule has 0 saturated carbocycles. The maximum Gasteiger partial charge on any atom is 0.332 e. The van der Waals surface area contributed by atoms with E-state index >= 15 is 0 Å². The van der Waals surface area contributed by atoms with Gasteiger partial charge in [-0.05, 0) is 17.7 Å². The average molecular weight is 328 g/mol. The molecule has 2 aromatic heterocycles. The van der Waals surface area contributed by atoms with Gasteiger partial charge in [-0.2, -0.15) is 0 Å². The summed E-state index contributed by atoms with van der Waals surface area (Å²) in [5.41, 5.74) is 0.692. The summed E-state index contributed by atoms with van der Waals surface area (Å²) >= 11 is 0. The van der Waals surface area contributed by atoms with E-state index in [1.165, 1.54) is 24.9 Å². The standard InChI is InChI=1S/C16H16N4O4/c1-10(21)24-12-6-4-5-11(7-12)8-20-9-17-14-13(20)15(22)19(3)16(23)18(14)2/h4-7,9H,8H2,1-3H3. The lowest BCUT2D eigenvalue weighted by molar-refractivity contribution is -0.131. The van der Waals surface area contributed by atoms with Gasteiger partial charge in [-0.25, -0.2) is 9.78 Å². The predicted molar refractivity (Wildman–Crippen MR) is 87.1 cm³/mol. The second kappa shape index (κ2) is 5.80. The first kappa shape index (κ1) is 15.7. The van der Waals surface area contributed by atoms with Gasteiger partial charge in [0.2, 0.25) is 0 Å². The molecule has 0 aliphatic carbocycles. The summed E-state index contributed by atoms with van der Waals surface area (Å²) < 4.78 is 9.12. The normalized spacial score (nSPS) is 11.0. The molecule has 0 atom stereocenters. The van der Waals surface area contributed by atoms with Gasteiger partial charge in [0, 0.05) is 27.6 Å². The Labute approximate surface area is 136 Å². The molecule has 1 aromatic carbocycles. The molecular weight excluding hydrogens is 312 g/mol. The highest BCUT2D eigenvalue weighted by molar-refractivity contribution is 5.70. The van der Waals surface area contributed by atoms with Crippen LogP contribution in [0.1, 0.15) is 12.5 Å². The van der Waals surface area contributed by atoms with Crippen molar-refractivity contribution in [3.05, 3.63) is 57.0 Å². The number of rotatable bonds is 3. The van der Waals surface area contributed by atoms with E-state index in [9.17, 15) is 14.4 Å². The number of aromatic nitrogens is 4. The molecule has 124 valence electrons. The van der Waals surface area contributed by atoms with Crippen molar-refractivity contribution in [3.63, 3.8) is 0 Å². The van der Waals surface area contributed by atoms with Crippen LogP contribution in [-0.4, -0.2) is 24.7 Å². The van der Waals surface area contributed by atoms with E-state index in [1.54, 1.807) is 29.8 Å². The molecule has 8 nitrogen and oxygen atoms in total. The minimum Gasteiger partial charge on any atom is -0.427 e. The van der Waals surface area contributed by atoms with Crippen LogP contribution in [0.25, 0.3) is 11.2 Å². The molecule has 0 bridgehead atoms. The molecule has 0 aliphatic rings. The Bertz CT molecular complexity index is 1060. The molecule has 0 saturated heterocycles. The van der Waals surface area contributed by atoms with E-state index in [4.69, 9.17) is 4.74 Å². The van der Waals surface area contributed by atoms with Crippen molar-refractivity contribution in [3.8, 4) is 5.75 Å². The van der Waals surface area contributed by atoms with Crippen LogP contribution in [0.2, 0.25) is 0 Å². The molecule has 0 fully saturated rings. The van der Waals surface area contributed by atoms with Crippen molar-refractivity contribution in [1.29, 1.82) is 0 Å². The number of hydrogen-bond acceptors (Lipinski definition) is 5. The van der Waals surface area contributed by atoms with E-state index in [0.717, 1.165) is 10.1 Å². The fourth-order valence-corrected chi connectivity index (χ4v) is 2.59. The summed E-state index contributed by atoms with van der Waals surface area (Å²) in [7, 11) is 3.01. The third kappa shape index (κ3) is 2.62. The van der Waals surface area contributed by atoms with Crippen LogP contribution in [0.15, 0.2) is 40.2 Å². The largest absolute Gasteiger partial charge is 0.427 e. The Morgan fingerprint density at radius 2 is 1.96 bits per heavy atom. The van der Waals surface area contributed by atoms with Gasteiger partial charge in [-0.15, -0.1) is 0 Å². The number of carbonyl (C=O) groups excluding carboxylic acids is 1. The lowest BCUT2D eigenvalue weighted by Crippen LogP contribution is -2.37. The molecule has 24 heavy (non-hydrogen) atoms. The topological polar surface area (TPSA) is 88.1 Å². The number of ether oxygens (including phenoxy) is 1. The zero-order valence-corrected chi connectivity index (χ0v) is 13.5. The first-order chi connectivity index (χ1) is 11.4. The minimum atomic E-state index is -0.422. The molecule has 0 N–H and O–H groups in total. The Kier molecular flexibility index (Phi) is 3.80. The second-order valence-corrected chi connectivity index (χ2v) is 5.49. The zero-order valence-electron chi connectivity index (χ0n) is 13.5. The zero-order chi connectivity index (χ0) is 17.4. The molecule has 3 aromatic rings. The molecule has 2 heterocycles. The Morgan fingerprint density at radius 1 is 1.21 bits per heavy atom. The highest BCUT2D eigenvalue weighted by atomic mass is 16.5. The van der Waals surface area contributed by atoms with Crippen molar-refractivity contribution >= 4 is 17.1 Å². The van der Waals surface area contributed by atoms with Gasteiger partial charge in [0.05, 0.1) is 6.33 Å². The van der Waals surface area contributed by atoms with Gasteiger partial charge >= 0.3 is 11.7 Å². The quantitative estimate of drug-likeness (QED) is 0.513.